The lowest BCUT2D eigenvalue weighted by Crippen LogP contribution is -2.35. The number of aromatic nitrogens is 1. The van der Waals surface area contributed by atoms with E-state index in [2.05, 4.69) is 9.71 Å². The Kier molecular flexibility index (Phi) is 7.19. The molecule has 8 heteroatoms. The third-order valence-corrected chi connectivity index (χ3v) is 5.45. The summed E-state index contributed by atoms with van der Waals surface area (Å²) in [6.45, 7) is 1.96. The van der Waals surface area contributed by atoms with E-state index >= 15 is 0 Å². The van der Waals surface area contributed by atoms with Crippen molar-refractivity contribution >= 4 is 10.0 Å². The van der Waals surface area contributed by atoms with Gasteiger partial charge in [0.2, 0.25) is 10.0 Å². The van der Waals surface area contributed by atoms with Crippen LogP contribution in [0.1, 0.15) is 32.6 Å². The summed E-state index contributed by atoms with van der Waals surface area (Å²) in [4.78, 5) is 3.76. The normalized spacial score (nSPS) is 12.9. The second kappa shape index (κ2) is 9.16. The van der Waals surface area contributed by atoms with Gasteiger partial charge in [0.25, 0.3) is 0 Å². The van der Waals surface area contributed by atoms with Gasteiger partial charge in [0, 0.05) is 24.3 Å². The molecule has 2 N–H and O–H groups in total. The third kappa shape index (κ3) is 5.30. The van der Waals surface area contributed by atoms with Crippen LogP contribution in [0.5, 0.6) is 0 Å². The number of pyridine rings is 1. The largest absolute Gasteiger partial charge is 0.396 e. The molecule has 0 unspecified atom stereocenters. The van der Waals surface area contributed by atoms with Crippen molar-refractivity contribution in [2.24, 2.45) is 0 Å². The molecule has 5 nitrogen and oxygen atoms in total. The zero-order chi connectivity index (χ0) is 19.2. The molecule has 0 aliphatic rings. The topological polar surface area (TPSA) is 79.3 Å². The highest BCUT2D eigenvalue weighted by atomic mass is 32.2. The molecule has 2 rings (SSSR count). The average molecular weight is 384 g/mol. The summed E-state index contributed by atoms with van der Waals surface area (Å²) < 4.78 is 54.4. The fourth-order valence-corrected chi connectivity index (χ4v) is 3.96. The molecule has 0 spiro atoms. The van der Waals surface area contributed by atoms with Gasteiger partial charge in [0.1, 0.15) is 11.5 Å². The first kappa shape index (κ1) is 20.4. The van der Waals surface area contributed by atoms with E-state index in [4.69, 9.17) is 5.11 Å². The van der Waals surface area contributed by atoms with Crippen LogP contribution in [0.15, 0.2) is 41.4 Å². The van der Waals surface area contributed by atoms with Crippen LogP contribution in [0.4, 0.5) is 8.78 Å². The number of aliphatic hydroxyl groups excluding tert-OH is 1. The van der Waals surface area contributed by atoms with Crippen molar-refractivity contribution in [2.75, 3.05) is 6.61 Å². The Morgan fingerprint density at radius 1 is 1.19 bits per heavy atom. The second-order valence-corrected chi connectivity index (χ2v) is 7.70. The van der Waals surface area contributed by atoms with E-state index in [0.717, 1.165) is 18.7 Å². The minimum Gasteiger partial charge on any atom is -0.396 e. The van der Waals surface area contributed by atoms with E-state index in [0.29, 0.717) is 24.8 Å². The van der Waals surface area contributed by atoms with E-state index in [-0.39, 0.29) is 23.2 Å². The summed E-state index contributed by atoms with van der Waals surface area (Å²) in [6.07, 6.45) is 3.45. The highest BCUT2D eigenvalue weighted by molar-refractivity contribution is 7.89. The van der Waals surface area contributed by atoms with Crippen LogP contribution in [0.25, 0.3) is 11.3 Å². The maximum Gasteiger partial charge on any atom is 0.240 e. The first-order valence-corrected chi connectivity index (χ1v) is 9.90. The minimum atomic E-state index is -3.73. The third-order valence-electron chi connectivity index (χ3n) is 3.92. The van der Waals surface area contributed by atoms with Gasteiger partial charge in [-0.05, 0) is 31.4 Å². The molecule has 1 heterocycles. The van der Waals surface area contributed by atoms with Crippen molar-refractivity contribution in [3.8, 4) is 11.3 Å². The number of nitrogens with one attached hydrogen (secondary N) is 1. The highest BCUT2D eigenvalue weighted by Gasteiger charge is 2.20. The lowest BCUT2D eigenvalue weighted by atomic mass is 10.1. The molecule has 0 saturated heterocycles. The summed E-state index contributed by atoms with van der Waals surface area (Å²) in [5.74, 6) is -1.59. The molecule has 1 aromatic heterocycles. The molecule has 0 radical (unpaired) electrons. The molecule has 1 atom stereocenters. The number of sulfonamides is 1. The Morgan fingerprint density at radius 3 is 2.46 bits per heavy atom. The van der Waals surface area contributed by atoms with E-state index in [1.807, 2.05) is 6.92 Å². The number of aliphatic hydroxyl groups is 1. The smallest absolute Gasteiger partial charge is 0.240 e. The number of nitrogens with zero attached hydrogens (tertiary/aromatic N) is 1. The maximum absolute atomic E-state index is 13.8. The number of hydrogen-bond donors (Lipinski definition) is 2. The van der Waals surface area contributed by atoms with Gasteiger partial charge >= 0.3 is 0 Å². The molecule has 1 aromatic carbocycles. The van der Waals surface area contributed by atoms with Crippen LogP contribution in [0, 0.1) is 11.6 Å². The summed E-state index contributed by atoms with van der Waals surface area (Å²) in [7, 11) is -3.73. The zero-order valence-corrected chi connectivity index (χ0v) is 15.3. The summed E-state index contributed by atoms with van der Waals surface area (Å²) >= 11 is 0. The fourth-order valence-electron chi connectivity index (χ4n) is 2.65. The quantitative estimate of drug-likeness (QED) is 0.696. The van der Waals surface area contributed by atoms with Crippen LogP contribution in [-0.4, -0.2) is 31.2 Å². The van der Waals surface area contributed by atoms with E-state index in [1.54, 1.807) is 0 Å². The van der Waals surface area contributed by atoms with Crippen molar-refractivity contribution in [3.63, 3.8) is 0 Å². The first-order valence-electron chi connectivity index (χ1n) is 8.42. The molecule has 0 saturated carbocycles. The summed E-state index contributed by atoms with van der Waals surface area (Å²) in [6, 6.07) is 6.05. The second-order valence-electron chi connectivity index (χ2n) is 5.98. The standard InChI is InChI=1S/C18H22F2N2O3S/c1-2-4-15(5-3-10-23)22-26(24,25)16-8-6-13(7-9-16)18-17(20)11-14(19)12-21-18/h6-9,11-12,15,22-23H,2-5,10H2,1H3/t15-/m1/s1. The zero-order valence-electron chi connectivity index (χ0n) is 14.5. The van der Waals surface area contributed by atoms with Crippen molar-refractivity contribution in [2.45, 2.75) is 43.5 Å². The van der Waals surface area contributed by atoms with E-state index < -0.39 is 21.7 Å². The minimum absolute atomic E-state index is 0.00682. The molecule has 0 aliphatic heterocycles. The maximum atomic E-state index is 13.8. The predicted molar refractivity (Wildman–Crippen MR) is 94.9 cm³/mol. The van der Waals surface area contributed by atoms with Gasteiger partial charge in [-0.15, -0.1) is 0 Å². The van der Waals surface area contributed by atoms with Gasteiger partial charge in [0.05, 0.1) is 11.1 Å². The van der Waals surface area contributed by atoms with Crippen molar-refractivity contribution in [1.29, 1.82) is 0 Å². The molecule has 0 bridgehead atoms. The van der Waals surface area contributed by atoms with Gasteiger partial charge in [-0.25, -0.2) is 21.9 Å². The van der Waals surface area contributed by atoms with Crippen molar-refractivity contribution in [3.05, 3.63) is 48.2 Å². The summed E-state index contributed by atoms with van der Waals surface area (Å²) in [5.41, 5.74) is 0.307. The van der Waals surface area contributed by atoms with Gasteiger partial charge < -0.3 is 5.11 Å². The molecular formula is C18H22F2N2O3S. The Labute approximate surface area is 152 Å². The monoisotopic (exact) mass is 384 g/mol. The lowest BCUT2D eigenvalue weighted by Gasteiger charge is -2.18. The van der Waals surface area contributed by atoms with Crippen LogP contribution in [0.3, 0.4) is 0 Å². The molecule has 0 fully saturated rings. The molecular weight excluding hydrogens is 362 g/mol. The van der Waals surface area contributed by atoms with Crippen LogP contribution < -0.4 is 4.72 Å². The highest BCUT2D eigenvalue weighted by Crippen LogP contribution is 2.23. The Balaban J connectivity index is 2.19. The number of halogens is 2. The Hall–Kier alpha value is -1.90. The summed E-state index contributed by atoms with van der Waals surface area (Å²) in [5, 5.41) is 8.94. The molecule has 0 amide bonds. The van der Waals surface area contributed by atoms with Crippen LogP contribution >= 0.6 is 0 Å². The average Bonchev–Trinajstić information content (AvgIpc) is 2.60. The van der Waals surface area contributed by atoms with Crippen molar-refractivity contribution in [1.82, 2.24) is 9.71 Å². The van der Waals surface area contributed by atoms with Gasteiger partial charge in [-0.3, -0.25) is 4.98 Å². The van der Waals surface area contributed by atoms with Crippen LogP contribution in [-0.2, 0) is 10.0 Å². The predicted octanol–water partition coefficient (Wildman–Crippen LogP) is 3.25. The van der Waals surface area contributed by atoms with Gasteiger partial charge in [-0.2, -0.15) is 0 Å². The Morgan fingerprint density at radius 2 is 1.88 bits per heavy atom. The van der Waals surface area contributed by atoms with Crippen molar-refractivity contribution < 1.29 is 22.3 Å². The number of rotatable bonds is 9. The molecule has 26 heavy (non-hydrogen) atoms. The van der Waals surface area contributed by atoms with E-state index in [9.17, 15) is 17.2 Å². The van der Waals surface area contributed by atoms with Gasteiger partial charge in [0.15, 0.2) is 5.82 Å². The number of hydrogen-bond acceptors (Lipinski definition) is 4. The van der Waals surface area contributed by atoms with E-state index in [1.165, 1.54) is 24.3 Å². The van der Waals surface area contributed by atoms with Gasteiger partial charge in [-0.1, -0.05) is 25.5 Å². The number of benzene rings is 1. The Bertz CT molecular complexity index is 827. The van der Waals surface area contributed by atoms with Crippen LogP contribution in [0.2, 0.25) is 0 Å². The first-order chi connectivity index (χ1) is 12.4. The molecule has 0 aliphatic carbocycles. The SMILES string of the molecule is CCC[C@H](CCCO)NS(=O)(=O)c1ccc(-c2ncc(F)cc2F)cc1. The molecule has 2 aromatic rings. The fraction of sp³-hybridized carbons (Fsp3) is 0.389. The lowest BCUT2D eigenvalue weighted by molar-refractivity contribution is 0.276. The molecule has 142 valence electrons.